The molecule has 0 aromatic heterocycles. The summed E-state index contributed by atoms with van der Waals surface area (Å²) in [4.78, 5) is 25.5. The van der Waals surface area contributed by atoms with E-state index in [1.54, 1.807) is 39.0 Å². The molecule has 0 aliphatic heterocycles. The van der Waals surface area contributed by atoms with E-state index in [1.165, 1.54) is 25.2 Å². The fourth-order valence-electron chi connectivity index (χ4n) is 1.82. The number of nitrogens with zero attached hydrogens (tertiary/aromatic N) is 1. The lowest BCUT2D eigenvalue weighted by Gasteiger charge is -2.27. The summed E-state index contributed by atoms with van der Waals surface area (Å²) in [6, 6.07) is 4.72. The zero-order valence-electron chi connectivity index (χ0n) is 14.2. The molecule has 0 spiro atoms. The Bertz CT molecular complexity index is 589. The predicted molar refractivity (Wildman–Crippen MR) is 88.1 cm³/mol. The Morgan fingerprint density at radius 1 is 1.22 bits per heavy atom. The Balaban J connectivity index is 3.27. The predicted octanol–water partition coefficient (Wildman–Crippen LogP) is 3.41. The molecule has 0 saturated heterocycles. The molecule has 1 amide bonds. The van der Waals surface area contributed by atoms with Gasteiger partial charge in [-0.15, -0.1) is 6.58 Å². The van der Waals surface area contributed by atoms with Gasteiger partial charge in [0, 0.05) is 12.6 Å². The zero-order chi connectivity index (χ0) is 17.6. The zero-order valence-corrected chi connectivity index (χ0v) is 14.2. The molecule has 0 fully saturated rings. The average molecular weight is 321 g/mol. The number of anilines is 1. The summed E-state index contributed by atoms with van der Waals surface area (Å²) in [5.74, 6) is -0.0894. The van der Waals surface area contributed by atoms with Crippen LogP contribution in [0.4, 0.5) is 10.5 Å². The van der Waals surface area contributed by atoms with E-state index in [9.17, 15) is 9.59 Å². The van der Waals surface area contributed by atoms with E-state index in [4.69, 9.17) is 14.2 Å². The lowest BCUT2D eigenvalue weighted by molar-refractivity contribution is 0.0576. The van der Waals surface area contributed by atoms with Gasteiger partial charge in [-0.25, -0.2) is 9.59 Å². The van der Waals surface area contributed by atoms with Gasteiger partial charge in [-0.3, -0.25) is 4.90 Å². The van der Waals surface area contributed by atoms with Gasteiger partial charge in [0.1, 0.15) is 11.4 Å². The maximum absolute atomic E-state index is 12.4. The highest BCUT2D eigenvalue weighted by Crippen LogP contribution is 2.26. The third-order valence-electron chi connectivity index (χ3n) is 2.79. The van der Waals surface area contributed by atoms with Crippen LogP contribution in [-0.4, -0.2) is 38.4 Å². The normalized spacial score (nSPS) is 10.7. The van der Waals surface area contributed by atoms with Crippen LogP contribution in [0.2, 0.25) is 0 Å². The number of hydrogen-bond donors (Lipinski definition) is 0. The van der Waals surface area contributed by atoms with E-state index in [0.717, 1.165) is 0 Å². The minimum absolute atomic E-state index is 0.225. The average Bonchev–Trinajstić information content (AvgIpc) is 2.49. The number of ether oxygens (including phenoxy) is 3. The molecule has 0 aliphatic carbocycles. The smallest absolute Gasteiger partial charge is 0.415 e. The number of hydrogen-bond acceptors (Lipinski definition) is 5. The van der Waals surface area contributed by atoms with Crippen molar-refractivity contribution in [2.45, 2.75) is 26.4 Å². The highest BCUT2D eigenvalue weighted by Gasteiger charge is 2.24. The number of methoxy groups -OCH3 is 2. The van der Waals surface area contributed by atoms with Crippen LogP contribution in [0, 0.1) is 0 Å². The van der Waals surface area contributed by atoms with Crippen LogP contribution in [0.5, 0.6) is 5.75 Å². The largest absolute Gasteiger partial charge is 0.497 e. The lowest BCUT2D eigenvalue weighted by Crippen LogP contribution is -2.37. The van der Waals surface area contributed by atoms with E-state index < -0.39 is 17.7 Å². The van der Waals surface area contributed by atoms with Crippen LogP contribution in [0.3, 0.4) is 0 Å². The van der Waals surface area contributed by atoms with Crippen molar-refractivity contribution in [3.8, 4) is 5.75 Å². The Morgan fingerprint density at radius 2 is 1.87 bits per heavy atom. The molecule has 1 aromatic carbocycles. The van der Waals surface area contributed by atoms with Crippen molar-refractivity contribution in [2.75, 3.05) is 25.7 Å². The van der Waals surface area contributed by atoms with Crippen molar-refractivity contribution >= 4 is 17.7 Å². The summed E-state index contributed by atoms with van der Waals surface area (Å²) < 4.78 is 15.3. The van der Waals surface area contributed by atoms with Crippen molar-refractivity contribution in [3.63, 3.8) is 0 Å². The summed E-state index contributed by atoms with van der Waals surface area (Å²) in [6.07, 6.45) is 1.03. The fourth-order valence-corrected chi connectivity index (χ4v) is 1.82. The van der Waals surface area contributed by atoms with Gasteiger partial charge < -0.3 is 14.2 Å². The molecule has 0 bridgehead atoms. The molecule has 0 heterocycles. The number of benzene rings is 1. The molecule has 126 valence electrons. The summed E-state index contributed by atoms with van der Waals surface area (Å²) in [5.41, 5.74) is 0.0963. The number of rotatable bonds is 5. The van der Waals surface area contributed by atoms with Gasteiger partial charge in [-0.1, -0.05) is 6.08 Å². The SMILES string of the molecule is C=CCN(C(=O)OC(C)(C)C)c1cc(OC)cc(C(=O)OC)c1. The number of amides is 1. The van der Waals surface area contributed by atoms with Crippen LogP contribution in [0.1, 0.15) is 31.1 Å². The maximum atomic E-state index is 12.4. The molecule has 0 N–H and O–H groups in total. The molecule has 0 saturated carbocycles. The quantitative estimate of drug-likeness (QED) is 0.614. The minimum Gasteiger partial charge on any atom is -0.497 e. The molecule has 0 atom stereocenters. The summed E-state index contributed by atoms with van der Waals surface area (Å²) >= 11 is 0. The topological polar surface area (TPSA) is 65.1 Å². The van der Waals surface area contributed by atoms with Gasteiger partial charge in [0.25, 0.3) is 0 Å². The van der Waals surface area contributed by atoms with Crippen molar-refractivity contribution in [1.82, 2.24) is 0 Å². The van der Waals surface area contributed by atoms with Crippen LogP contribution in [-0.2, 0) is 9.47 Å². The maximum Gasteiger partial charge on any atom is 0.415 e. The molecule has 6 nitrogen and oxygen atoms in total. The third kappa shape index (κ3) is 5.32. The van der Waals surface area contributed by atoms with E-state index >= 15 is 0 Å². The summed E-state index contributed by atoms with van der Waals surface area (Å²) in [5, 5.41) is 0. The van der Waals surface area contributed by atoms with Crippen molar-refractivity contribution in [3.05, 3.63) is 36.4 Å². The first-order chi connectivity index (χ1) is 10.7. The molecule has 6 heteroatoms. The van der Waals surface area contributed by atoms with Crippen molar-refractivity contribution < 1.29 is 23.8 Å². The molecule has 1 aromatic rings. The first-order valence-electron chi connectivity index (χ1n) is 7.10. The van der Waals surface area contributed by atoms with E-state index in [1.807, 2.05) is 0 Å². The minimum atomic E-state index is -0.638. The second-order valence-electron chi connectivity index (χ2n) is 5.79. The molecule has 23 heavy (non-hydrogen) atoms. The van der Waals surface area contributed by atoms with E-state index in [2.05, 4.69) is 6.58 Å². The van der Waals surface area contributed by atoms with Gasteiger partial charge in [-0.05, 0) is 32.9 Å². The Labute approximate surface area is 136 Å². The molecule has 0 aliphatic rings. The first kappa shape index (κ1) is 18.5. The van der Waals surface area contributed by atoms with Crippen molar-refractivity contribution in [1.29, 1.82) is 0 Å². The first-order valence-corrected chi connectivity index (χ1v) is 7.10. The second-order valence-corrected chi connectivity index (χ2v) is 5.79. The monoisotopic (exact) mass is 321 g/mol. The van der Waals surface area contributed by atoms with Crippen LogP contribution in [0.15, 0.2) is 30.9 Å². The Hall–Kier alpha value is -2.50. The summed E-state index contributed by atoms with van der Waals surface area (Å²) in [6.45, 7) is 9.21. The molecular formula is C17H23NO5. The molecule has 0 radical (unpaired) electrons. The van der Waals surface area contributed by atoms with Crippen LogP contribution >= 0.6 is 0 Å². The van der Waals surface area contributed by atoms with Crippen LogP contribution in [0.25, 0.3) is 0 Å². The van der Waals surface area contributed by atoms with Gasteiger partial charge in [0.05, 0.1) is 25.5 Å². The third-order valence-corrected chi connectivity index (χ3v) is 2.79. The van der Waals surface area contributed by atoms with E-state index in [0.29, 0.717) is 11.4 Å². The lowest BCUT2D eigenvalue weighted by atomic mass is 10.1. The van der Waals surface area contributed by atoms with Crippen molar-refractivity contribution in [2.24, 2.45) is 0 Å². The highest BCUT2D eigenvalue weighted by molar-refractivity contribution is 5.94. The molecular weight excluding hydrogens is 298 g/mol. The second kappa shape index (κ2) is 7.67. The number of carbonyl (C=O) groups excluding carboxylic acids is 2. The Kier molecular flexibility index (Phi) is 6.18. The number of carbonyl (C=O) groups is 2. The van der Waals surface area contributed by atoms with Gasteiger partial charge in [0.2, 0.25) is 0 Å². The van der Waals surface area contributed by atoms with Gasteiger partial charge in [-0.2, -0.15) is 0 Å². The van der Waals surface area contributed by atoms with Gasteiger partial charge in [0.15, 0.2) is 0 Å². The molecule has 0 unspecified atom stereocenters. The summed E-state index contributed by atoms with van der Waals surface area (Å²) in [7, 11) is 2.77. The number of esters is 1. The van der Waals surface area contributed by atoms with E-state index in [-0.39, 0.29) is 12.1 Å². The van der Waals surface area contributed by atoms with Gasteiger partial charge >= 0.3 is 12.1 Å². The fraction of sp³-hybridized carbons (Fsp3) is 0.412. The standard InChI is InChI=1S/C17H23NO5/c1-7-8-18(16(20)23-17(2,3)4)13-9-12(15(19)22-6)10-14(11-13)21-5/h7,9-11H,1,8H2,2-6H3. The van der Waals surface area contributed by atoms with Crippen LogP contribution < -0.4 is 9.64 Å². The highest BCUT2D eigenvalue weighted by atomic mass is 16.6. The Morgan fingerprint density at radius 3 is 2.35 bits per heavy atom. The molecule has 1 rings (SSSR count).